The summed E-state index contributed by atoms with van der Waals surface area (Å²) >= 11 is 0. The molecule has 0 bridgehead atoms. The Morgan fingerprint density at radius 2 is 2.05 bits per heavy atom. The van der Waals surface area contributed by atoms with E-state index >= 15 is 0 Å². The van der Waals surface area contributed by atoms with Crippen LogP contribution in [0, 0.1) is 6.92 Å². The van der Waals surface area contributed by atoms with Gasteiger partial charge in [-0.05, 0) is 49.9 Å². The van der Waals surface area contributed by atoms with Gasteiger partial charge in [0.15, 0.2) is 17.3 Å². The highest BCUT2D eigenvalue weighted by atomic mass is 19.3. The third-order valence-corrected chi connectivity index (χ3v) is 7.25. The molecule has 6 heterocycles. The number of carbonyl (C=O) groups is 1. The monoisotopic (exact) mass is 520 g/mol. The first-order valence-electron chi connectivity index (χ1n) is 12.4. The summed E-state index contributed by atoms with van der Waals surface area (Å²) in [5.74, 6) is 0.653. The van der Waals surface area contributed by atoms with E-state index in [-0.39, 0.29) is 29.4 Å². The molecular weight excluding hydrogens is 494 g/mol. The van der Waals surface area contributed by atoms with Crippen LogP contribution in [0.1, 0.15) is 42.0 Å². The number of rotatable bonds is 5. The van der Waals surface area contributed by atoms with E-state index in [0.717, 1.165) is 47.5 Å². The Balaban J connectivity index is 1.18. The van der Waals surface area contributed by atoms with Gasteiger partial charge in [-0.3, -0.25) is 4.79 Å². The average Bonchev–Trinajstić information content (AvgIpc) is 3.52. The van der Waals surface area contributed by atoms with Crippen molar-refractivity contribution in [3.8, 4) is 17.3 Å². The zero-order valence-corrected chi connectivity index (χ0v) is 21.0. The van der Waals surface area contributed by atoms with Crippen LogP contribution >= 0.6 is 0 Å². The summed E-state index contributed by atoms with van der Waals surface area (Å²) in [5, 5.41) is 8.21. The molecule has 1 amide bonds. The first kappa shape index (κ1) is 24.1. The zero-order valence-electron chi connectivity index (χ0n) is 21.0. The number of aromatic nitrogens is 6. The van der Waals surface area contributed by atoms with Crippen molar-refractivity contribution in [2.24, 2.45) is 0 Å². The standard InChI is InChI=1S/C26H26F2N8O2/c1-15-18(24-31-19-5-3-4-9-36(19)34-24)11-16-6-7-26(33-23(16)29-15)8-10-35(14-26)21(37)13-17-12-20(38-2)32-25(30-17)22(27)28/h3-5,9,11-12,22H,6-8,10,13-14H2,1-2H3,(H,29,33)/t26-/m0/s1. The van der Waals surface area contributed by atoms with Gasteiger partial charge in [-0.1, -0.05) is 6.07 Å². The summed E-state index contributed by atoms with van der Waals surface area (Å²) < 4.78 is 33.1. The molecule has 10 nitrogen and oxygen atoms in total. The summed E-state index contributed by atoms with van der Waals surface area (Å²) in [6.45, 7) is 3.01. The fourth-order valence-electron chi connectivity index (χ4n) is 5.25. The average molecular weight is 521 g/mol. The van der Waals surface area contributed by atoms with Crippen molar-refractivity contribution >= 4 is 17.4 Å². The number of carbonyl (C=O) groups excluding carboxylic acids is 1. The first-order valence-corrected chi connectivity index (χ1v) is 12.4. The third-order valence-electron chi connectivity index (χ3n) is 7.25. The van der Waals surface area contributed by atoms with Crippen molar-refractivity contribution < 1.29 is 18.3 Å². The van der Waals surface area contributed by atoms with Gasteiger partial charge >= 0.3 is 0 Å². The molecule has 2 aliphatic heterocycles. The second-order valence-corrected chi connectivity index (χ2v) is 9.78. The number of hydrogen-bond donors (Lipinski definition) is 1. The van der Waals surface area contributed by atoms with E-state index in [1.807, 2.05) is 31.3 Å². The van der Waals surface area contributed by atoms with Gasteiger partial charge in [0, 0.05) is 30.9 Å². The Hall–Kier alpha value is -4.22. The van der Waals surface area contributed by atoms with Gasteiger partial charge in [-0.2, -0.15) is 4.98 Å². The minimum atomic E-state index is -2.85. The van der Waals surface area contributed by atoms with Gasteiger partial charge in [0.1, 0.15) is 5.82 Å². The minimum absolute atomic E-state index is 0.0150. The second-order valence-electron chi connectivity index (χ2n) is 9.78. The third kappa shape index (κ3) is 4.39. The molecule has 1 fully saturated rings. The van der Waals surface area contributed by atoms with Crippen LogP contribution in [0.3, 0.4) is 0 Å². The van der Waals surface area contributed by atoms with E-state index in [4.69, 9.17) is 9.72 Å². The molecule has 0 aromatic carbocycles. The number of amides is 1. The van der Waals surface area contributed by atoms with Crippen LogP contribution in [0.2, 0.25) is 0 Å². The molecule has 4 aromatic heterocycles. The number of pyridine rings is 2. The summed E-state index contributed by atoms with van der Waals surface area (Å²) in [6, 6.07) is 9.28. The number of likely N-dealkylation sites (tertiary alicyclic amines) is 1. The molecule has 38 heavy (non-hydrogen) atoms. The summed E-state index contributed by atoms with van der Waals surface area (Å²) in [6.07, 6.45) is 1.33. The molecule has 1 saturated heterocycles. The van der Waals surface area contributed by atoms with Crippen molar-refractivity contribution in [1.29, 1.82) is 0 Å². The smallest absolute Gasteiger partial charge is 0.297 e. The number of ether oxygens (including phenoxy) is 1. The Labute approximate surface area is 217 Å². The lowest BCUT2D eigenvalue weighted by Gasteiger charge is -2.36. The summed E-state index contributed by atoms with van der Waals surface area (Å²) in [7, 11) is 1.34. The Bertz CT molecular complexity index is 1510. The van der Waals surface area contributed by atoms with Crippen molar-refractivity contribution in [2.75, 3.05) is 25.5 Å². The lowest BCUT2D eigenvalue weighted by Crippen LogP contribution is -2.45. The lowest BCUT2D eigenvalue weighted by molar-refractivity contribution is -0.129. The van der Waals surface area contributed by atoms with Crippen LogP contribution in [0.25, 0.3) is 17.0 Å². The molecule has 1 N–H and O–H groups in total. The molecule has 12 heteroatoms. The number of halogens is 2. The van der Waals surface area contributed by atoms with Crippen LogP contribution in [0.4, 0.5) is 14.6 Å². The molecule has 0 saturated carbocycles. The maximum absolute atomic E-state index is 13.2. The molecule has 2 aliphatic rings. The van der Waals surface area contributed by atoms with Gasteiger partial charge in [0.25, 0.3) is 6.43 Å². The van der Waals surface area contributed by atoms with Crippen molar-refractivity contribution in [2.45, 2.75) is 44.6 Å². The Morgan fingerprint density at radius 1 is 1.18 bits per heavy atom. The summed E-state index contributed by atoms with van der Waals surface area (Å²) in [4.78, 5) is 31.8. The zero-order chi connectivity index (χ0) is 26.4. The molecule has 1 spiro atoms. The molecule has 196 valence electrons. The Kier molecular flexibility index (Phi) is 5.88. The van der Waals surface area contributed by atoms with E-state index in [9.17, 15) is 13.6 Å². The maximum Gasteiger partial charge on any atom is 0.297 e. The number of alkyl halides is 2. The van der Waals surface area contributed by atoms with Crippen LogP contribution in [0.15, 0.2) is 36.5 Å². The van der Waals surface area contributed by atoms with Crippen LogP contribution in [0.5, 0.6) is 5.88 Å². The highest BCUT2D eigenvalue weighted by Crippen LogP contribution is 2.38. The highest BCUT2D eigenvalue weighted by Gasteiger charge is 2.42. The van der Waals surface area contributed by atoms with E-state index in [0.29, 0.717) is 18.9 Å². The predicted octanol–water partition coefficient (Wildman–Crippen LogP) is 3.41. The molecule has 0 aliphatic carbocycles. The number of methoxy groups -OCH3 is 1. The lowest BCUT2D eigenvalue weighted by atomic mass is 9.86. The van der Waals surface area contributed by atoms with E-state index < -0.39 is 12.2 Å². The van der Waals surface area contributed by atoms with E-state index in [2.05, 4.69) is 31.4 Å². The van der Waals surface area contributed by atoms with Gasteiger partial charge in [0.2, 0.25) is 11.8 Å². The highest BCUT2D eigenvalue weighted by molar-refractivity contribution is 5.79. The number of aryl methyl sites for hydroxylation is 2. The molecule has 4 aromatic rings. The fraction of sp³-hybridized carbons (Fsp3) is 0.385. The van der Waals surface area contributed by atoms with Crippen molar-refractivity contribution in [3.05, 3.63) is 59.3 Å². The quantitative estimate of drug-likeness (QED) is 0.426. The molecule has 0 unspecified atom stereocenters. The molecule has 1 atom stereocenters. The van der Waals surface area contributed by atoms with Gasteiger partial charge in [-0.15, -0.1) is 5.10 Å². The topological polar surface area (TPSA) is 110 Å². The van der Waals surface area contributed by atoms with Crippen molar-refractivity contribution in [1.82, 2.24) is 34.4 Å². The predicted molar refractivity (Wildman–Crippen MR) is 134 cm³/mol. The SMILES string of the molecule is COc1cc(CC(=O)N2CC[C@@]3(CCc4cc(-c5nc6ccccn6n5)c(C)nc4N3)C2)nc(C(F)F)n1. The van der Waals surface area contributed by atoms with Crippen LogP contribution < -0.4 is 10.1 Å². The van der Waals surface area contributed by atoms with Crippen LogP contribution in [-0.4, -0.2) is 66.1 Å². The normalized spacial score (nSPS) is 18.7. The second kappa shape index (κ2) is 9.26. The maximum atomic E-state index is 13.2. The number of hydrogen-bond acceptors (Lipinski definition) is 8. The Morgan fingerprint density at radius 3 is 2.84 bits per heavy atom. The molecular formula is C26H26F2N8O2. The number of nitrogens with zero attached hydrogens (tertiary/aromatic N) is 7. The van der Waals surface area contributed by atoms with E-state index in [1.54, 1.807) is 9.42 Å². The van der Waals surface area contributed by atoms with Crippen molar-refractivity contribution in [3.63, 3.8) is 0 Å². The van der Waals surface area contributed by atoms with Gasteiger partial charge in [-0.25, -0.2) is 28.2 Å². The minimum Gasteiger partial charge on any atom is -0.481 e. The molecule has 6 rings (SSSR count). The van der Waals surface area contributed by atoms with Crippen LogP contribution in [-0.2, 0) is 17.6 Å². The van der Waals surface area contributed by atoms with Gasteiger partial charge in [0.05, 0.1) is 30.5 Å². The fourth-order valence-corrected chi connectivity index (χ4v) is 5.25. The number of fused-ring (bicyclic) bond motifs is 2. The molecule has 0 radical (unpaired) electrons. The first-order chi connectivity index (χ1) is 18.3. The van der Waals surface area contributed by atoms with E-state index in [1.165, 1.54) is 13.2 Å². The van der Waals surface area contributed by atoms with Gasteiger partial charge < -0.3 is 15.0 Å². The summed E-state index contributed by atoms with van der Waals surface area (Å²) in [5.41, 5.74) is 3.51. The number of nitrogens with one attached hydrogen (secondary N) is 1. The number of anilines is 1. The largest absolute Gasteiger partial charge is 0.481 e.